The van der Waals surface area contributed by atoms with E-state index >= 15 is 0 Å². The van der Waals surface area contributed by atoms with Gasteiger partial charge in [0.15, 0.2) is 0 Å². The molecular formula is C17H21FNO. The van der Waals surface area contributed by atoms with Gasteiger partial charge in [0.05, 0.1) is 11.2 Å². The van der Waals surface area contributed by atoms with Crippen molar-refractivity contribution in [3.05, 3.63) is 42.1 Å². The second-order valence-electron chi connectivity index (χ2n) is 5.94. The average Bonchev–Trinajstić information content (AvgIpc) is 2.36. The monoisotopic (exact) mass is 274 g/mol. The first kappa shape index (κ1) is 15.0. The molecule has 0 saturated carbocycles. The van der Waals surface area contributed by atoms with E-state index in [1.165, 1.54) is 6.07 Å². The number of hydrogen-bond donors (Lipinski definition) is 1. The van der Waals surface area contributed by atoms with Gasteiger partial charge in [-0.1, -0.05) is 24.0 Å². The molecule has 1 aromatic carbocycles. The first-order valence-corrected chi connectivity index (χ1v) is 6.96. The molecule has 2 atom stereocenters. The summed E-state index contributed by atoms with van der Waals surface area (Å²) < 4.78 is 19.4. The van der Waals surface area contributed by atoms with Crippen molar-refractivity contribution in [2.24, 2.45) is 5.92 Å². The number of nitrogens with one attached hydrogen (secondary N) is 1. The van der Waals surface area contributed by atoms with Crippen LogP contribution in [0.5, 0.6) is 0 Å². The lowest BCUT2D eigenvalue weighted by Crippen LogP contribution is -2.44. The minimum Gasteiger partial charge on any atom is -0.357 e. The molecule has 1 aromatic rings. The Morgan fingerprint density at radius 1 is 1.30 bits per heavy atom. The third-order valence-electron chi connectivity index (χ3n) is 2.95. The Hall–Kier alpha value is -1.37. The van der Waals surface area contributed by atoms with Gasteiger partial charge in [0, 0.05) is 12.3 Å². The van der Waals surface area contributed by atoms with E-state index in [9.17, 15) is 4.39 Å². The molecule has 1 aliphatic heterocycles. The molecule has 0 bridgehead atoms. The number of halogens is 1. The van der Waals surface area contributed by atoms with Crippen LogP contribution in [0, 0.1) is 30.0 Å². The van der Waals surface area contributed by atoms with Crippen molar-refractivity contribution in [2.75, 3.05) is 6.54 Å². The summed E-state index contributed by atoms with van der Waals surface area (Å²) in [5, 5.41) is 3.30. The number of rotatable bonds is 1. The summed E-state index contributed by atoms with van der Waals surface area (Å²) in [6.45, 7) is 6.93. The third kappa shape index (κ3) is 4.63. The van der Waals surface area contributed by atoms with E-state index < -0.39 is 0 Å². The largest absolute Gasteiger partial charge is 0.357 e. The van der Waals surface area contributed by atoms with Crippen LogP contribution in [0.4, 0.5) is 4.39 Å². The lowest BCUT2D eigenvalue weighted by atomic mass is 9.96. The lowest BCUT2D eigenvalue weighted by Gasteiger charge is -2.32. The maximum absolute atomic E-state index is 13.5. The zero-order chi connectivity index (χ0) is 14.6. The predicted molar refractivity (Wildman–Crippen MR) is 78.3 cm³/mol. The fourth-order valence-electron chi connectivity index (χ4n) is 2.07. The Morgan fingerprint density at radius 2 is 2.05 bits per heavy atom. The van der Waals surface area contributed by atoms with E-state index in [-0.39, 0.29) is 23.6 Å². The average molecular weight is 274 g/mol. The summed E-state index contributed by atoms with van der Waals surface area (Å²) in [5.41, 5.74) is 0.252. The Morgan fingerprint density at radius 3 is 2.75 bits per heavy atom. The summed E-state index contributed by atoms with van der Waals surface area (Å²) in [7, 11) is 0. The highest BCUT2D eigenvalue weighted by Gasteiger charge is 2.25. The molecule has 20 heavy (non-hydrogen) atoms. The minimum atomic E-state index is -0.267. The van der Waals surface area contributed by atoms with Crippen LogP contribution in [0.25, 0.3) is 0 Å². The van der Waals surface area contributed by atoms with Gasteiger partial charge in [-0.3, -0.25) is 5.32 Å². The highest BCUT2D eigenvalue weighted by molar-refractivity contribution is 5.36. The fourth-order valence-corrected chi connectivity index (χ4v) is 2.07. The first-order valence-electron chi connectivity index (χ1n) is 6.96. The second kappa shape index (κ2) is 6.39. The molecule has 1 N–H and O–H groups in total. The molecule has 2 nitrogen and oxygen atoms in total. The number of benzene rings is 1. The highest BCUT2D eigenvalue weighted by atomic mass is 19.1. The maximum atomic E-state index is 13.5. The van der Waals surface area contributed by atoms with Crippen molar-refractivity contribution in [3.8, 4) is 11.8 Å². The molecule has 3 heteroatoms. The van der Waals surface area contributed by atoms with E-state index in [4.69, 9.17) is 4.74 Å². The zero-order valence-electron chi connectivity index (χ0n) is 12.2. The molecule has 0 spiro atoms. The van der Waals surface area contributed by atoms with Gasteiger partial charge in [0.25, 0.3) is 0 Å². The van der Waals surface area contributed by atoms with E-state index in [1.807, 2.05) is 20.8 Å². The quantitative estimate of drug-likeness (QED) is 0.794. The number of hydrogen-bond acceptors (Lipinski definition) is 2. The molecule has 2 rings (SSSR count). The molecule has 1 heterocycles. The van der Waals surface area contributed by atoms with E-state index in [0.717, 1.165) is 13.0 Å². The topological polar surface area (TPSA) is 21.3 Å². The predicted octanol–water partition coefficient (Wildman–Crippen LogP) is 3.13. The summed E-state index contributed by atoms with van der Waals surface area (Å²) in [4.78, 5) is 0. The first-order chi connectivity index (χ1) is 9.44. The van der Waals surface area contributed by atoms with Crippen LogP contribution in [-0.4, -0.2) is 18.4 Å². The minimum absolute atomic E-state index is 0.0938. The highest BCUT2D eigenvalue weighted by Crippen LogP contribution is 2.20. The van der Waals surface area contributed by atoms with E-state index in [0.29, 0.717) is 5.56 Å². The molecule has 1 aliphatic rings. The van der Waals surface area contributed by atoms with Crippen LogP contribution < -0.4 is 5.32 Å². The van der Waals surface area contributed by atoms with Gasteiger partial charge in [0.1, 0.15) is 12.0 Å². The van der Waals surface area contributed by atoms with Crippen molar-refractivity contribution in [1.29, 1.82) is 0 Å². The van der Waals surface area contributed by atoms with Gasteiger partial charge in [-0.05, 0) is 45.9 Å². The van der Waals surface area contributed by atoms with Crippen molar-refractivity contribution < 1.29 is 9.13 Å². The molecule has 0 aliphatic carbocycles. The fraction of sp³-hybridized carbons (Fsp3) is 0.471. The van der Waals surface area contributed by atoms with Crippen molar-refractivity contribution >= 4 is 0 Å². The van der Waals surface area contributed by atoms with Crippen LogP contribution >= 0.6 is 0 Å². The van der Waals surface area contributed by atoms with E-state index in [1.54, 1.807) is 18.2 Å². The van der Waals surface area contributed by atoms with Crippen molar-refractivity contribution in [2.45, 2.75) is 39.0 Å². The lowest BCUT2D eigenvalue weighted by molar-refractivity contribution is -0.0671. The zero-order valence-corrected chi connectivity index (χ0v) is 12.2. The van der Waals surface area contributed by atoms with Crippen LogP contribution in [-0.2, 0) is 4.74 Å². The molecule has 0 aromatic heterocycles. The SMILES string of the molecule is CC(C)(C)OC1[CH]C(C#Cc2ccccc2F)CCN1. The van der Waals surface area contributed by atoms with Crippen molar-refractivity contribution in [1.82, 2.24) is 5.32 Å². The van der Waals surface area contributed by atoms with Gasteiger partial charge in [-0.2, -0.15) is 0 Å². The Labute approximate surface area is 120 Å². The summed E-state index contributed by atoms with van der Waals surface area (Å²) in [5.74, 6) is 5.92. The number of ether oxygens (including phenoxy) is 1. The van der Waals surface area contributed by atoms with Crippen LogP contribution in [0.15, 0.2) is 24.3 Å². The van der Waals surface area contributed by atoms with Gasteiger partial charge in [-0.25, -0.2) is 4.39 Å². The summed E-state index contributed by atoms with van der Waals surface area (Å²) in [6, 6.07) is 6.60. The summed E-state index contributed by atoms with van der Waals surface area (Å²) >= 11 is 0. The Bertz CT molecular complexity index is 510. The number of piperidine rings is 1. The van der Waals surface area contributed by atoms with Gasteiger partial charge >= 0.3 is 0 Å². The van der Waals surface area contributed by atoms with Crippen LogP contribution in [0.2, 0.25) is 0 Å². The van der Waals surface area contributed by atoms with E-state index in [2.05, 4.69) is 23.6 Å². The maximum Gasteiger partial charge on any atom is 0.138 e. The Kier molecular flexibility index (Phi) is 4.80. The Balaban J connectivity index is 1.99. The molecule has 1 saturated heterocycles. The molecule has 1 radical (unpaired) electrons. The van der Waals surface area contributed by atoms with Crippen molar-refractivity contribution in [3.63, 3.8) is 0 Å². The molecule has 1 fully saturated rings. The normalized spacial score (nSPS) is 23.0. The standard InChI is InChI=1S/C17H21FNO/c1-17(2,3)20-16-12-13(10-11-19-16)8-9-14-6-4-5-7-15(14)18/h4-7,12-13,16,19H,10-11H2,1-3H3. The van der Waals surface area contributed by atoms with Gasteiger partial charge in [-0.15, -0.1) is 0 Å². The molecule has 2 unspecified atom stereocenters. The smallest absolute Gasteiger partial charge is 0.138 e. The van der Waals surface area contributed by atoms with Crippen LogP contribution in [0.3, 0.4) is 0 Å². The second-order valence-corrected chi connectivity index (χ2v) is 5.94. The summed E-state index contributed by atoms with van der Waals surface area (Å²) in [6.07, 6.45) is 2.89. The van der Waals surface area contributed by atoms with Gasteiger partial charge in [0.2, 0.25) is 0 Å². The van der Waals surface area contributed by atoms with Gasteiger partial charge < -0.3 is 4.74 Å². The van der Waals surface area contributed by atoms with Crippen LogP contribution in [0.1, 0.15) is 32.8 Å². The molecule has 107 valence electrons. The molecule has 0 amide bonds. The third-order valence-corrected chi connectivity index (χ3v) is 2.95. The molecular weight excluding hydrogens is 253 g/mol.